The Morgan fingerprint density at radius 1 is 1.00 bits per heavy atom. The molecular formula is C16H14OS. The largest absolute Gasteiger partial charge is 0.289 e. The summed E-state index contributed by atoms with van der Waals surface area (Å²) in [5.74, 6) is 0.0523. The molecule has 0 unspecified atom stereocenters. The Bertz CT molecular complexity index is 558. The van der Waals surface area contributed by atoms with E-state index >= 15 is 0 Å². The van der Waals surface area contributed by atoms with Gasteiger partial charge in [-0.1, -0.05) is 54.2 Å². The van der Waals surface area contributed by atoms with Crippen LogP contribution in [-0.4, -0.2) is 5.78 Å². The van der Waals surface area contributed by atoms with Crippen LogP contribution in [0.15, 0.2) is 71.0 Å². The zero-order chi connectivity index (χ0) is 12.8. The van der Waals surface area contributed by atoms with Crippen molar-refractivity contribution in [3.63, 3.8) is 0 Å². The lowest BCUT2D eigenvalue weighted by atomic mass is 10.1. The third kappa shape index (κ3) is 3.34. The number of hydrogen-bond acceptors (Lipinski definition) is 2. The summed E-state index contributed by atoms with van der Waals surface area (Å²) in [6.45, 7) is 1.95. The van der Waals surface area contributed by atoms with E-state index < -0.39 is 0 Å². The highest BCUT2D eigenvalue weighted by Gasteiger charge is 2.03. The first kappa shape index (κ1) is 12.7. The van der Waals surface area contributed by atoms with Gasteiger partial charge in [0.15, 0.2) is 5.78 Å². The van der Waals surface area contributed by atoms with Crippen molar-refractivity contribution in [1.29, 1.82) is 0 Å². The monoisotopic (exact) mass is 254 g/mol. The summed E-state index contributed by atoms with van der Waals surface area (Å²) >= 11 is 1.55. The molecule has 1 nitrogen and oxygen atoms in total. The quantitative estimate of drug-likeness (QED) is 0.454. The number of ketones is 1. The molecular weight excluding hydrogens is 240 g/mol. The molecule has 0 N–H and O–H groups in total. The van der Waals surface area contributed by atoms with E-state index in [0.29, 0.717) is 0 Å². The highest BCUT2D eigenvalue weighted by molar-refractivity contribution is 8.02. The van der Waals surface area contributed by atoms with Crippen molar-refractivity contribution in [3.8, 4) is 0 Å². The second-order valence-corrected chi connectivity index (χ2v) is 4.89. The topological polar surface area (TPSA) is 17.1 Å². The molecule has 0 saturated carbocycles. The minimum Gasteiger partial charge on any atom is -0.289 e. The van der Waals surface area contributed by atoms with Gasteiger partial charge >= 0.3 is 0 Å². The van der Waals surface area contributed by atoms with Crippen molar-refractivity contribution in [3.05, 3.63) is 77.2 Å². The fourth-order valence-corrected chi connectivity index (χ4v) is 2.28. The van der Waals surface area contributed by atoms with Crippen LogP contribution in [-0.2, 0) is 0 Å². The van der Waals surface area contributed by atoms with E-state index in [2.05, 4.69) is 0 Å². The second kappa shape index (κ2) is 6.22. The first-order chi connectivity index (χ1) is 8.77. The molecule has 0 radical (unpaired) electrons. The predicted molar refractivity (Wildman–Crippen MR) is 76.9 cm³/mol. The molecule has 0 bridgehead atoms. The van der Waals surface area contributed by atoms with Crippen LogP contribution in [0.5, 0.6) is 0 Å². The lowest BCUT2D eigenvalue weighted by Crippen LogP contribution is -1.96. The van der Waals surface area contributed by atoms with Gasteiger partial charge in [-0.3, -0.25) is 4.79 Å². The van der Waals surface area contributed by atoms with Crippen molar-refractivity contribution >= 4 is 17.5 Å². The van der Waals surface area contributed by atoms with Crippen LogP contribution in [0.4, 0.5) is 0 Å². The highest BCUT2D eigenvalue weighted by atomic mass is 32.2. The summed E-state index contributed by atoms with van der Waals surface area (Å²) in [4.78, 5) is 13.1. The Morgan fingerprint density at radius 2 is 1.67 bits per heavy atom. The molecule has 2 heteroatoms. The number of hydrogen-bond donors (Lipinski definition) is 0. The van der Waals surface area contributed by atoms with Gasteiger partial charge in [0.25, 0.3) is 0 Å². The zero-order valence-electron chi connectivity index (χ0n) is 10.2. The van der Waals surface area contributed by atoms with Gasteiger partial charge in [-0.15, -0.1) is 0 Å². The van der Waals surface area contributed by atoms with E-state index in [-0.39, 0.29) is 5.78 Å². The number of benzene rings is 2. The van der Waals surface area contributed by atoms with E-state index in [1.807, 2.05) is 66.9 Å². The van der Waals surface area contributed by atoms with Crippen molar-refractivity contribution in [2.45, 2.75) is 11.8 Å². The van der Waals surface area contributed by atoms with Gasteiger partial charge in [-0.2, -0.15) is 0 Å². The third-order valence-electron chi connectivity index (χ3n) is 2.58. The van der Waals surface area contributed by atoms with Crippen molar-refractivity contribution in [2.24, 2.45) is 0 Å². The molecule has 2 rings (SSSR count). The molecule has 0 saturated heterocycles. The van der Waals surface area contributed by atoms with E-state index in [1.54, 1.807) is 17.8 Å². The van der Waals surface area contributed by atoms with Crippen LogP contribution in [0.1, 0.15) is 15.9 Å². The fourth-order valence-electron chi connectivity index (χ4n) is 1.61. The summed E-state index contributed by atoms with van der Waals surface area (Å²) in [5, 5.41) is 1.84. The maximum Gasteiger partial charge on any atom is 0.186 e. The minimum atomic E-state index is 0.0523. The molecule has 0 aliphatic rings. The Labute approximate surface area is 112 Å². The smallest absolute Gasteiger partial charge is 0.186 e. The lowest BCUT2D eigenvalue weighted by molar-refractivity contribution is 0.104. The first-order valence-electron chi connectivity index (χ1n) is 5.75. The lowest BCUT2D eigenvalue weighted by Gasteiger charge is -2.00. The van der Waals surface area contributed by atoms with Gasteiger partial charge in [0, 0.05) is 10.5 Å². The van der Waals surface area contributed by atoms with Gasteiger partial charge in [0.2, 0.25) is 0 Å². The van der Waals surface area contributed by atoms with Crippen LogP contribution in [0, 0.1) is 6.92 Å². The SMILES string of the molecule is Cc1ccccc1C(=O)/C=C/Sc1ccccc1. The van der Waals surface area contributed by atoms with Crippen molar-refractivity contribution in [2.75, 3.05) is 0 Å². The molecule has 0 aliphatic heterocycles. The zero-order valence-corrected chi connectivity index (χ0v) is 11.0. The third-order valence-corrected chi connectivity index (χ3v) is 3.39. The molecule has 0 heterocycles. The van der Waals surface area contributed by atoms with Crippen molar-refractivity contribution in [1.82, 2.24) is 0 Å². The van der Waals surface area contributed by atoms with Gasteiger partial charge in [0.1, 0.15) is 0 Å². The minimum absolute atomic E-state index is 0.0523. The average Bonchev–Trinajstić information content (AvgIpc) is 2.40. The van der Waals surface area contributed by atoms with Gasteiger partial charge in [0.05, 0.1) is 0 Å². The van der Waals surface area contributed by atoms with Crippen LogP contribution in [0.2, 0.25) is 0 Å². The molecule has 18 heavy (non-hydrogen) atoms. The molecule has 0 spiro atoms. The average molecular weight is 254 g/mol. The standard InChI is InChI=1S/C16H14OS/c1-13-7-5-6-10-15(13)16(17)11-12-18-14-8-3-2-4-9-14/h2-12H,1H3/b12-11+. The summed E-state index contributed by atoms with van der Waals surface area (Å²) in [5.41, 5.74) is 1.78. The number of allylic oxidation sites excluding steroid dienone is 1. The first-order valence-corrected chi connectivity index (χ1v) is 6.63. The Hall–Kier alpha value is -1.80. The van der Waals surface area contributed by atoms with E-state index in [0.717, 1.165) is 16.0 Å². The molecule has 2 aromatic rings. The molecule has 0 amide bonds. The Morgan fingerprint density at radius 3 is 2.39 bits per heavy atom. The summed E-state index contributed by atoms with van der Waals surface area (Å²) < 4.78 is 0. The van der Waals surface area contributed by atoms with E-state index in [1.165, 1.54) is 0 Å². The van der Waals surface area contributed by atoms with Gasteiger partial charge in [-0.05, 0) is 36.1 Å². The maximum absolute atomic E-state index is 12.0. The molecule has 0 aromatic heterocycles. The van der Waals surface area contributed by atoms with Crippen molar-refractivity contribution < 1.29 is 4.79 Å². The number of carbonyl (C=O) groups excluding carboxylic acids is 1. The summed E-state index contributed by atoms with van der Waals surface area (Å²) in [6, 6.07) is 17.6. The maximum atomic E-state index is 12.0. The molecule has 0 fully saturated rings. The fraction of sp³-hybridized carbons (Fsp3) is 0.0625. The Balaban J connectivity index is 2.02. The van der Waals surface area contributed by atoms with Gasteiger partial charge in [-0.25, -0.2) is 0 Å². The molecule has 0 atom stereocenters. The molecule has 0 aliphatic carbocycles. The summed E-state index contributed by atoms with van der Waals surface area (Å²) in [6.07, 6.45) is 1.62. The van der Waals surface area contributed by atoms with Crippen LogP contribution in [0.25, 0.3) is 0 Å². The second-order valence-electron chi connectivity index (χ2n) is 3.91. The van der Waals surface area contributed by atoms with E-state index in [9.17, 15) is 4.79 Å². The number of thioether (sulfide) groups is 1. The molecule has 90 valence electrons. The number of aryl methyl sites for hydroxylation is 1. The highest BCUT2D eigenvalue weighted by Crippen LogP contribution is 2.18. The van der Waals surface area contributed by atoms with Crippen LogP contribution >= 0.6 is 11.8 Å². The number of carbonyl (C=O) groups is 1. The van der Waals surface area contributed by atoms with Gasteiger partial charge < -0.3 is 0 Å². The predicted octanol–water partition coefficient (Wildman–Crippen LogP) is 4.48. The Kier molecular flexibility index (Phi) is 4.37. The van der Waals surface area contributed by atoms with Crippen LogP contribution in [0.3, 0.4) is 0 Å². The summed E-state index contributed by atoms with van der Waals surface area (Å²) in [7, 11) is 0. The normalized spacial score (nSPS) is 10.7. The van der Waals surface area contributed by atoms with Crippen LogP contribution < -0.4 is 0 Å². The van der Waals surface area contributed by atoms with E-state index in [4.69, 9.17) is 0 Å². The number of rotatable bonds is 4. The molecule has 2 aromatic carbocycles.